The maximum Gasteiger partial charge on any atom is 0.310 e. The molecule has 1 atom stereocenters. The van der Waals surface area contributed by atoms with Crippen molar-refractivity contribution >= 4 is 5.97 Å². The highest BCUT2D eigenvalue weighted by atomic mass is 19.1. The number of carbonyl (C=O) groups excluding carboxylic acids is 1. The Labute approximate surface area is 176 Å². The highest BCUT2D eigenvalue weighted by Gasteiger charge is 2.42. The fourth-order valence-corrected chi connectivity index (χ4v) is 4.80. The zero-order chi connectivity index (χ0) is 21.3. The molecule has 2 heterocycles. The number of esters is 1. The van der Waals surface area contributed by atoms with Crippen molar-refractivity contribution in [1.82, 2.24) is 4.90 Å². The van der Waals surface area contributed by atoms with E-state index in [0.717, 1.165) is 25.9 Å². The lowest BCUT2D eigenvalue weighted by molar-refractivity contribution is -0.146. The van der Waals surface area contributed by atoms with Gasteiger partial charge in [-0.15, -0.1) is 0 Å². The summed E-state index contributed by atoms with van der Waals surface area (Å²) in [5.74, 6) is -1.91. The van der Waals surface area contributed by atoms with Crippen LogP contribution in [0.2, 0.25) is 0 Å². The van der Waals surface area contributed by atoms with Gasteiger partial charge in [-0.25, -0.2) is 4.39 Å². The van der Waals surface area contributed by atoms with Crippen LogP contribution in [0.15, 0.2) is 36.4 Å². The van der Waals surface area contributed by atoms with Crippen molar-refractivity contribution in [3.05, 3.63) is 64.5 Å². The number of piperidine rings is 1. The van der Waals surface area contributed by atoms with Crippen LogP contribution < -0.4 is 0 Å². The van der Waals surface area contributed by atoms with Gasteiger partial charge in [0, 0.05) is 19.6 Å². The number of hydrogen-bond donors (Lipinski definition) is 1. The van der Waals surface area contributed by atoms with Crippen LogP contribution in [0.25, 0.3) is 0 Å². The number of nitrogens with zero attached hydrogens (tertiary/aromatic N) is 1. The zero-order valence-corrected chi connectivity index (χ0v) is 17.5. The maximum atomic E-state index is 14.5. The molecule has 1 N–H and O–H groups in total. The predicted octanol–water partition coefficient (Wildman–Crippen LogP) is 3.69. The molecular weight excluding hydrogens is 385 g/mol. The lowest BCUT2D eigenvalue weighted by Gasteiger charge is -2.40. The van der Waals surface area contributed by atoms with Gasteiger partial charge < -0.3 is 19.5 Å². The quantitative estimate of drug-likeness (QED) is 0.758. The van der Waals surface area contributed by atoms with Gasteiger partial charge in [0.05, 0.1) is 25.2 Å². The molecule has 160 valence electrons. The molecule has 2 aliphatic heterocycles. The molecule has 0 bridgehead atoms. The lowest BCUT2D eigenvalue weighted by atomic mass is 9.83. The monoisotopic (exact) mass is 413 g/mol. The number of carbonyl (C=O) groups is 1. The molecule has 0 aromatic heterocycles. The Kier molecular flexibility index (Phi) is 5.80. The summed E-state index contributed by atoms with van der Waals surface area (Å²) in [5, 5.41) is 9.74. The van der Waals surface area contributed by atoms with E-state index in [9.17, 15) is 14.3 Å². The summed E-state index contributed by atoms with van der Waals surface area (Å²) in [6.45, 7) is 4.51. The summed E-state index contributed by atoms with van der Waals surface area (Å²) < 4.78 is 25.7. The Morgan fingerprint density at radius 3 is 2.73 bits per heavy atom. The van der Waals surface area contributed by atoms with E-state index in [-0.39, 0.29) is 18.0 Å². The van der Waals surface area contributed by atoms with E-state index < -0.39 is 17.5 Å². The number of phenolic OH excluding ortho intramolecular Hbond substituents is 1. The third-order valence-corrected chi connectivity index (χ3v) is 6.60. The first kappa shape index (κ1) is 20.8. The predicted molar refractivity (Wildman–Crippen MR) is 111 cm³/mol. The Balaban J connectivity index is 1.46. The van der Waals surface area contributed by atoms with Gasteiger partial charge in [-0.2, -0.15) is 0 Å². The molecule has 1 saturated heterocycles. The summed E-state index contributed by atoms with van der Waals surface area (Å²) in [5.41, 5.74) is 3.39. The van der Waals surface area contributed by atoms with Gasteiger partial charge in [-0.3, -0.25) is 4.79 Å². The first-order valence-corrected chi connectivity index (χ1v) is 10.4. The number of phenols is 1. The number of rotatable bonds is 5. The van der Waals surface area contributed by atoms with E-state index in [1.807, 2.05) is 6.07 Å². The summed E-state index contributed by atoms with van der Waals surface area (Å²) in [4.78, 5) is 14.7. The van der Waals surface area contributed by atoms with Crippen LogP contribution in [0.3, 0.4) is 0 Å². The van der Waals surface area contributed by atoms with Crippen molar-refractivity contribution in [2.75, 3.05) is 26.7 Å². The van der Waals surface area contributed by atoms with Crippen molar-refractivity contribution < 1.29 is 23.8 Å². The number of likely N-dealkylation sites (tertiary alicyclic amines) is 1. The third kappa shape index (κ3) is 3.82. The van der Waals surface area contributed by atoms with Crippen LogP contribution >= 0.6 is 0 Å². The van der Waals surface area contributed by atoms with E-state index >= 15 is 0 Å². The molecule has 30 heavy (non-hydrogen) atoms. The van der Waals surface area contributed by atoms with Crippen LogP contribution in [-0.4, -0.2) is 42.7 Å². The van der Waals surface area contributed by atoms with Crippen LogP contribution in [0.5, 0.6) is 5.75 Å². The van der Waals surface area contributed by atoms with Crippen molar-refractivity contribution in [1.29, 1.82) is 0 Å². The normalized spacial score (nSPS) is 18.9. The molecule has 0 radical (unpaired) electrons. The van der Waals surface area contributed by atoms with Crippen LogP contribution in [0.4, 0.5) is 4.39 Å². The number of methoxy groups -OCH3 is 1. The third-order valence-electron chi connectivity index (χ3n) is 6.60. The van der Waals surface area contributed by atoms with Crippen molar-refractivity contribution in [2.24, 2.45) is 5.92 Å². The molecule has 2 aliphatic rings. The van der Waals surface area contributed by atoms with Gasteiger partial charge in [-0.05, 0) is 54.5 Å². The van der Waals surface area contributed by atoms with E-state index in [4.69, 9.17) is 9.47 Å². The molecule has 0 saturated carbocycles. The van der Waals surface area contributed by atoms with E-state index in [1.165, 1.54) is 24.3 Å². The van der Waals surface area contributed by atoms with Crippen molar-refractivity contribution in [2.45, 2.75) is 38.4 Å². The molecule has 4 rings (SSSR count). The number of ether oxygens (including phenoxy) is 2. The summed E-state index contributed by atoms with van der Waals surface area (Å²) in [6.07, 6.45) is 1.91. The minimum Gasteiger partial charge on any atom is -0.505 e. The van der Waals surface area contributed by atoms with Crippen LogP contribution in [-0.2, 0) is 32.9 Å². The second-order valence-electron chi connectivity index (χ2n) is 8.36. The molecule has 5 nitrogen and oxygen atoms in total. The number of aryl methyl sites for hydroxylation is 1. The van der Waals surface area contributed by atoms with Gasteiger partial charge in [0.2, 0.25) is 0 Å². The zero-order valence-electron chi connectivity index (χ0n) is 17.5. The Morgan fingerprint density at radius 1 is 1.27 bits per heavy atom. The van der Waals surface area contributed by atoms with Crippen molar-refractivity contribution in [3.63, 3.8) is 0 Å². The Bertz CT molecular complexity index is 937. The standard InChI is InChI=1S/C24H28FNO4/c1-16-7-8-21(27)22(25)19(16)13-18(23(28)29-2)14-26-11-9-24(10-12-26)20-6-4-3-5-17(20)15-30-24/h3-8,18,27H,9-15H2,1-2H3. The van der Waals surface area contributed by atoms with E-state index in [1.54, 1.807) is 13.0 Å². The Morgan fingerprint density at radius 2 is 2.00 bits per heavy atom. The lowest BCUT2D eigenvalue weighted by Crippen LogP contribution is -2.45. The van der Waals surface area contributed by atoms with Crippen LogP contribution in [0, 0.1) is 18.7 Å². The first-order valence-electron chi connectivity index (χ1n) is 10.4. The second-order valence-corrected chi connectivity index (χ2v) is 8.36. The van der Waals surface area contributed by atoms with Gasteiger partial charge in [0.15, 0.2) is 11.6 Å². The molecule has 0 aliphatic carbocycles. The smallest absolute Gasteiger partial charge is 0.310 e. The average Bonchev–Trinajstić information content (AvgIpc) is 3.12. The molecular formula is C24H28FNO4. The largest absolute Gasteiger partial charge is 0.505 e. The summed E-state index contributed by atoms with van der Waals surface area (Å²) in [7, 11) is 1.36. The number of fused-ring (bicyclic) bond motifs is 2. The van der Waals surface area contributed by atoms with E-state index in [2.05, 4.69) is 23.1 Å². The van der Waals surface area contributed by atoms with Crippen LogP contribution in [0.1, 0.15) is 35.1 Å². The van der Waals surface area contributed by atoms with E-state index in [0.29, 0.717) is 24.3 Å². The summed E-state index contributed by atoms with van der Waals surface area (Å²) >= 11 is 0. The maximum absolute atomic E-state index is 14.5. The molecule has 0 amide bonds. The number of benzene rings is 2. The number of hydrogen-bond acceptors (Lipinski definition) is 5. The second kappa shape index (κ2) is 8.36. The average molecular weight is 413 g/mol. The fraction of sp³-hybridized carbons (Fsp3) is 0.458. The molecule has 2 aromatic rings. The SMILES string of the molecule is COC(=O)C(Cc1c(C)ccc(O)c1F)CN1CCC2(CC1)OCc1ccccc12. The fourth-order valence-electron chi connectivity index (χ4n) is 4.80. The van der Waals surface area contributed by atoms with Crippen molar-refractivity contribution in [3.8, 4) is 5.75 Å². The Hall–Kier alpha value is -2.44. The van der Waals surface area contributed by atoms with Gasteiger partial charge in [0.25, 0.3) is 0 Å². The summed E-state index contributed by atoms with van der Waals surface area (Å²) in [6, 6.07) is 11.4. The van der Waals surface area contributed by atoms with Gasteiger partial charge in [0.1, 0.15) is 0 Å². The molecule has 1 fully saturated rings. The number of aromatic hydroxyl groups is 1. The topological polar surface area (TPSA) is 59.0 Å². The molecule has 6 heteroatoms. The number of halogens is 1. The molecule has 1 unspecified atom stereocenters. The molecule has 1 spiro atoms. The minimum atomic E-state index is -0.655. The highest BCUT2D eigenvalue weighted by Crippen LogP contribution is 2.44. The minimum absolute atomic E-state index is 0.194. The van der Waals surface area contributed by atoms with Gasteiger partial charge >= 0.3 is 5.97 Å². The van der Waals surface area contributed by atoms with Gasteiger partial charge in [-0.1, -0.05) is 30.3 Å². The first-order chi connectivity index (χ1) is 14.4. The molecule has 2 aromatic carbocycles. The highest BCUT2D eigenvalue weighted by molar-refractivity contribution is 5.73.